The van der Waals surface area contributed by atoms with Gasteiger partial charge in [-0.1, -0.05) is 23.2 Å². The minimum atomic E-state index is 0.631. The highest BCUT2D eigenvalue weighted by molar-refractivity contribution is 6.36. The van der Waals surface area contributed by atoms with Gasteiger partial charge in [-0.25, -0.2) is 4.98 Å². The number of methoxy groups -OCH3 is 1. The van der Waals surface area contributed by atoms with Gasteiger partial charge < -0.3 is 4.74 Å². The van der Waals surface area contributed by atoms with Crippen LogP contribution in [0.5, 0.6) is 5.88 Å². The minimum absolute atomic E-state index is 0.631. The summed E-state index contributed by atoms with van der Waals surface area (Å²) in [5.41, 5.74) is 1.98. The lowest BCUT2D eigenvalue weighted by Gasteiger charge is -2.09. The first kappa shape index (κ1) is 10.2. The fourth-order valence-electron chi connectivity index (χ4n) is 1.64. The molecule has 0 spiro atoms. The van der Waals surface area contributed by atoms with Crippen LogP contribution in [0.15, 0.2) is 18.2 Å². The first-order valence-corrected chi connectivity index (χ1v) is 5.11. The van der Waals surface area contributed by atoms with Crippen LogP contribution in [0.2, 0.25) is 5.02 Å². The summed E-state index contributed by atoms with van der Waals surface area (Å²) in [5, 5.41) is 2.66. The van der Waals surface area contributed by atoms with Crippen molar-refractivity contribution >= 4 is 22.4 Å². The summed E-state index contributed by atoms with van der Waals surface area (Å²) in [6, 6.07) is 6.06. The Morgan fingerprint density at radius 2 is 1.93 bits per heavy atom. The smallest absolute Gasteiger partial charge is 0.221 e. The van der Waals surface area contributed by atoms with Crippen molar-refractivity contribution in [3.05, 3.63) is 34.5 Å². The number of pyridine rings is 1. The maximum Gasteiger partial charge on any atom is 0.221 e. The third-order valence-electron chi connectivity index (χ3n) is 2.42. The van der Waals surface area contributed by atoms with E-state index >= 15 is 0 Å². The molecule has 2 rings (SSSR count). The zero-order chi connectivity index (χ0) is 11.0. The monoisotopic (exact) mass is 221 g/mol. The van der Waals surface area contributed by atoms with Crippen molar-refractivity contribution in [1.82, 2.24) is 4.98 Å². The van der Waals surface area contributed by atoms with E-state index in [1.165, 1.54) is 5.56 Å². The molecule has 0 saturated heterocycles. The lowest BCUT2D eigenvalue weighted by Crippen LogP contribution is -1.93. The zero-order valence-corrected chi connectivity index (χ0v) is 9.72. The molecule has 0 fully saturated rings. The van der Waals surface area contributed by atoms with Crippen LogP contribution in [0.1, 0.15) is 11.3 Å². The molecule has 1 aromatic heterocycles. The summed E-state index contributed by atoms with van der Waals surface area (Å²) in [7, 11) is 1.62. The summed E-state index contributed by atoms with van der Waals surface area (Å²) in [5.74, 6) is 0.631. The average molecular weight is 222 g/mol. The van der Waals surface area contributed by atoms with Gasteiger partial charge in [-0.15, -0.1) is 0 Å². The van der Waals surface area contributed by atoms with Crippen molar-refractivity contribution in [3.8, 4) is 5.88 Å². The molecule has 0 aliphatic heterocycles. The van der Waals surface area contributed by atoms with Gasteiger partial charge in [0.1, 0.15) is 0 Å². The van der Waals surface area contributed by atoms with E-state index in [-0.39, 0.29) is 0 Å². The predicted molar refractivity (Wildman–Crippen MR) is 62.8 cm³/mol. The Kier molecular flexibility index (Phi) is 2.53. The van der Waals surface area contributed by atoms with Gasteiger partial charge in [0.25, 0.3) is 0 Å². The molecule has 3 heteroatoms. The number of hydrogen-bond donors (Lipinski definition) is 0. The number of fused-ring (bicyclic) bond motifs is 1. The molecule has 0 bridgehead atoms. The van der Waals surface area contributed by atoms with Crippen molar-refractivity contribution in [2.24, 2.45) is 0 Å². The summed E-state index contributed by atoms with van der Waals surface area (Å²) in [4.78, 5) is 4.29. The molecule has 0 amide bonds. The van der Waals surface area contributed by atoms with Crippen LogP contribution >= 0.6 is 11.6 Å². The first-order valence-electron chi connectivity index (χ1n) is 4.74. The molecule has 0 atom stereocenters. The molecule has 0 saturated carbocycles. The van der Waals surface area contributed by atoms with Gasteiger partial charge >= 0.3 is 0 Å². The molecule has 1 heterocycles. The molecule has 0 aliphatic rings. The van der Waals surface area contributed by atoms with Crippen LogP contribution in [0.3, 0.4) is 0 Å². The van der Waals surface area contributed by atoms with Crippen LogP contribution in [0, 0.1) is 13.8 Å². The second-order valence-electron chi connectivity index (χ2n) is 3.57. The Bertz CT molecular complexity index is 523. The van der Waals surface area contributed by atoms with E-state index in [9.17, 15) is 0 Å². The lowest BCUT2D eigenvalue weighted by atomic mass is 10.1. The van der Waals surface area contributed by atoms with Crippen LogP contribution in [-0.4, -0.2) is 12.1 Å². The molecule has 0 N–H and O–H groups in total. The Morgan fingerprint density at radius 1 is 1.20 bits per heavy atom. The van der Waals surface area contributed by atoms with Crippen molar-refractivity contribution in [2.45, 2.75) is 13.8 Å². The topological polar surface area (TPSA) is 22.1 Å². The molecule has 2 aromatic rings. The van der Waals surface area contributed by atoms with Crippen LogP contribution in [0.4, 0.5) is 0 Å². The van der Waals surface area contributed by atoms with E-state index in [0.29, 0.717) is 10.9 Å². The average Bonchev–Trinajstić information content (AvgIpc) is 2.23. The maximum atomic E-state index is 6.21. The van der Waals surface area contributed by atoms with Gasteiger partial charge in [0.15, 0.2) is 0 Å². The molecule has 1 aromatic carbocycles. The Hall–Kier alpha value is -1.28. The molecular formula is C12H12ClNO. The summed E-state index contributed by atoms with van der Waals surface area (Å²) in [6.45, 7) is 3.92. The number of ether oxygens (including phenoxy) is 1. The molecule has 0 aliphatic carbocycles. The van der Waals surface area contributed by atoms with Crippen LogP contribution in [-0.2, 0) is 0 Å². The van der Waals surface area contributed by atoms with E-state index in [0.717, 1.165) is 16.5 Å². The SMILES string of the molecule is COc1nc(C)c(Cl)c2cc(C)ccc12. The van der Waals surface area contributed by atoms with Crippen LogP contribution in [0.25, 0.3) is 10.8 Å². The van der Waals surface area contributed by atoms with E-state index in [1.807, 2.05) is 26.0 Å². The molecule has 2 nitrogen and oxygen atoms in total. The number of benzene rings is 1. The van der Waals surface area contributed by atoms with E-state index in [2.05, 4.69) is 11.1 Å². The summed E-state index contributed by atoms with van der Waals surface area (Å²) >= 11 is 6.21. The lowest BCUT2D eigenvalue weighted by molar-refractivity contribution is 0.402. The quantitative estimate of drug-likeness (QED) is 0.735. The molecule has 15 heavy (non-hydrogen) atoms. The summed E-state index contributed by atoms with van der Waals surface area (Å²) < 4.78 is 5.23. The second-order valence-corrected chi connectivity index (χ2v) is 3.95. The molecule has 0 radical (unpaired) electrons. The van der Waals surface area contributed by atoms with E-state index in [1.54, 1.807) is 7.11 Å². The van der Waals surface area contributed by atoms with Crippen molar-refractivity contribution < 1.29 is 4.74 Å². The second kappa shape index (κ2) is 3.70. The van der Waals surface area contributed by atoms with E-state index in [4.69, 9.17) is 16.3 Å². The third kappa shape index (κ3) is 1.65. The van der Waals surface area contributed by atoms with Gasteiger partial charge in [-0.3, -0.25) is 0 Å². The normalized spacial score (nSPS) is 10.7. The van der Waals surface area contributed by atoms with E-state index < -0.39 is 0 Å². The Balaban J connectivity index is 2.90. The minimum Gasteiger partial charge on any atom is -0.481 e. The fraction of sp³-hybridized carbons (Fsp3) is 0.250. The molecule has 0 unspecified atom stereocenters. The maximum absolute atomic E-state index is 6.21. The predicted octanol–water partition coefficient (Wildman–Crippen LogP) is 3.51. The fourth-order valence-corrected chi connectivity index (χ4v) is 1.84. The highest BCUT2D eigenvalue weighted by Gasteiger charge is 2.09. The van der Waals surface area contributed by atoms with Gasteiger partial charge in [-0.05, 0) is 26.0 Å². The van der Waals surface area contributed by atoms with Crippen molar-refractivity contribution in [1.29, 1.82) is 0 Å². The first-order chi connectivity index (χ1) is 7.13. The van der Waals surface area contributed by atoms with Gasteiger partial charge in [0.2, 0.25) is 5.88 Å². The van der Waals surface area contributed by atoms with Crippen LogP contribution < -0.4 is 4.74 Å². The highest BCUT2D eigenvalue weighted by Crippen LogP contribution is 2.32. The molecular weight excluding hydrogens is 210 g/mol. The number of aromatic nitrogens is 1. The number of aryl methyl sites for hydroxylation is 2. The van der Waals surface area contributed by atoms with Gasteiger partial charge in [0.05, 0.1) is 17.8 Å². The van der Waals surface area contributed by atoms with Crippen molar-refractivity contribution in [2.75, 3.05) is 7.11 Å². The highest BCUT2D eigenvalue weighted by atomic mass is 35.5. The van der Waals surface area contributed by atoms with Gasteiger partial charge in [0, 0.05) is 10.8 Å². The number of nitrogens with zero attached hydrogens (tertiary/aromatic N) is 1. The number of hydrogen-bond acceptors (Lipinski definition) is 2. The molecule has 78 valence electrons. The summed E-state index contributed by atoms with van der Waals surface area (Å²) in [6.07, 6.45) is 0. The zero-order valence-electron chi connectivity index (χ0n) is 8.97. The Labute approximate surface area is 93.8 Å². The Morgan fingerprint density at radius 3 is 2.60 bits per heavy atom. The number of rotatable bonds is 1. The number of halogens is 1. The van der Waals surface area contributed by atoms with Crippen molar-refractivity contribution in [3.63, 3.8) is 0 Å². The largest absolute Gasteiger partial charge is 0.481 e. The standard InChI is InChI=1S/C12H12ClNO/c1-7-4-5-9-10(6-7)11(13)8(2)14-12(9)15-3/h4-6H,1-3H3. The van der Waals surface area contributed by atoms with Gasteiger partial charge in [-0.2, -0.15) is 0 Å². The third-order valence-corrected chi connectivity index (χ3v) is 2.90.